The van der Waals surface area contributed by atoms with Crippen LogP contribution in [0.25, 0.3) is 0 Å². The van der Waals surface area contributed by atoms with Crippen molar-refractivity contribution >= 4 is 5.97 Å². The number of rotatable bonds is 2. The highest BCUT2D eigenvalue weighted by molar-refractivity contribution is 5.81. The zero-order chi connectivity index (χ0) is 17.8. The van der Waals surface area contributed by atoms with Gasteiger partial charge < -0.3 is 9.84 Å². The monoisotopic (exact) mass is 332 g/mol. The molecule has 0 aromatic carbocycles. The van der Waals surface area contributed by atoms with Crippen molar-refractivity contribution in [2.75, 3.05) is 7.11 Å². The number of allylic oxidation sites excluding steroid dienone is 2. The predicted molar refractivity (Wildman–Crippen MR) is 95.4 cm³/mol. The van der Waals surface area contributed by atoms with Crippen LogP contribution in [0, 0.1) is 22.2 Å². The van der Waals surface area contributed by atoms with Gasteiger partial charge in [0.1, 0.15) is 0 Å². The Morgan fingerprint density at radius 1 is 1.25 bits per heavy atom. The third-order valence-electron chi connectivity index (χ3n) is 7.55. The molecule has 3 aliphatic carbocycles. The van der Waals surface area contributed by atoms with Crippen LogP contribution in [0.3, 0.4) is 0 Å². The van der Waals surface area contributed by atoms with Crippen LogP contribution in [0.15, 0.2) is 23.8 Å². The average molecular weight is 332 g/mol. The lowest BCUT2D eigenvalue weighted by Gasteiger charge is -2.57. The highest BCUT2D eigenvalue weighted by Crippen LogP contribution is 2.62. The van der Waals surface area contributed by atoms with Crippen LogP contribution in [0.5, 0.6) is 0 Å². The summed E-state index contributed by atoms with van der Waals surface area (Å²) in [4.78, 5) is 12.5. The van der Waals surface area contributed by atoms with Crippen LogP contribution in [0.1, 0.15) is 65.7 Å². The van der Waals surface area contributed by atoms with E-state index >= 15 is 0 Å². The maximum Gasteiger partial charge on any atom is 0.315 e. The van der Waals surface area contributed by atoms with Gasteiger partial charge >= 0.3 is 5.97 Å². The second-order valence-corrected chi connectivity index (χ2v) is 8.99. The summed E-state index contributed by atoms with van der Waals surface area (Å²) in [6, 6.07) is 0. The minimum atomic E-state index is -0.559. The summed E-state index contributed by atoms with van der Waals surface area (Å²) < 4.78 is 5.13. The minimum Gasteiger partial charge on any atom is -0.468 e. The first-order valence-electron chi connectivity index (χ1n) is 9.33. The Morgan fingerprint density at radius 3 is 2.58 bits per heavy atom. The maximum absolute atomic E-state index is 12.5. The van der Waals surface area contributed by atoms with Crippen molar-refractivity contribution in [2.45, 2.75) is 71.8 Å². The molecule has 0 spiro atoms. The molecule has 0 radical (unpaired) electrons. The topological polar surface area (TPSA) is 46.5 Å². The molecule has 0 amide bonds. The lowest BCUT2D eigenvalue weighted by Crippen LogP contribution is -2.51. The van der Waals surface area contributed by atoms with E-state index < -0.39 is 5.41 Å². The number of carbonyl (C=O) groups excluding carboxylic acids is 1. The van der Waals surface area contributed by atoms with E-state index in [4.69, 9.17) is 4.74 Å². The quantitative estimate of drug-likeness (QED) is 0.602. The number of methoxy groups -OCH3 is 1. The normalized spacial score (nSPS) is 45.2. The van der Waals surface area contributed by atoms with Gasteiger partial charge in [0.05, 0.1) is 18.6 Å². The molecule has 1 N–H and O–H groups in total. The number of aliphatic hydroxyl groups excluding tert-OH is 1. The van der Waals surface area contributed by atoms with Gasteiger partial charge in [-0.2, -0.15) is 0 Å². The molecule has 24 heavy (non-hydrogen) atoms. The van der Waals surface area contributed by atoms with E-state index in [1.165, 1.54) is 18.3 Å². The molecule has 0 aromatic heterocycles. The molecule has 0 heterocycles. The predicted octanol–water partition coefficient (Wildman–Crippen LogP) is 4.41. The van der Waals surface area contributed by atoms with E-state index in [9.17, 15) is 9.90 Å². The Kier molecular flexibility index (Phi) is 4.23. The molecule has 134 valence electrons. The molecular weight excluding hydrogens is 300 g/mol. The highest BCUT2D eigenvalue weighted by atomic mass is 16.5. The van der Waals surface area contributed by atoms with E-state index in [1.54, 1.807) is 0 Å². The van der Waals surface area contributed by atoms with Gasteiger partial charge in [-0.3, -0.25) is 4.79 Å². The summed E-state index contributed by atoms with van der Waals surface area (Å²) in [5.41, 5.74) is 2.18. The third-order valence-corrected chi connectivity index (χ3v) is 7.55. The third kappa shape index (κ3) is 2.39. The Bertz CT molecular complexity index is 592. The number of aliphatic hydroxyl groups is 1. The smallest absolute Gasteiger partial charge is 0.315 e. The molecule has 1 fully saturated rings. The Morgan fingerprint density at radius 2 is 1.96 bits per heavy atom. The summed E-state index contributed by atoms with van der Waals surface area (Å²) in [5, 5.41) is 11.0. The fourth-order valence-electron chi connectivity index (χ4n) is 5.72. The van der Waals surface area contributed by atoms with Crippen molar-refractivity contribution in [2.24, 2.45) is 22.2 Å². The molecule has 3 rings (SSSR count). The molecule has 1 saturated carbocycles. The van der Waals surface area contributed by atoms with E-state index in [0.29, 0.717) is 6.42 Å². The number of esters is 1. The van der Waals surface area contributed by atoms with Gasteiger partial charge in [-0.1, -0.05) is 31.1 Å². The maximum atomic E-state index is 12.5. The van der Waals surface area contributed by atoms with Crippen LogP contribution in [0.2, 0.25) is 0 Å². The molecule has 0 unspecified atom stereocenters. The zero-order valence-electron chi connectivity index (χ0n) is 15.7. The van der Waals surface area contributed by atoms with Crippen molar-refractivity contribution in [3.05, 3.63) is 23.8 Å². The van der Waals surface area contributed by atoms with Gasteiger partial charge in [0.2, 0.25) is 0 Å². The molecule has 0 aromatic rings. The summed E-state index contributed by atoms with van der Waals surface area (Å²) >= 11 is 0. The van der Waals surface area contributed by atoms with Gasteiger partial charge in [-0.25, -0.2) is 0 Å². The van der Waals surface area contributed by atoms with Gasteiger partial charge in [0.25, 0.3) is 0 Å². The molecule has 5 atom stereocenters. The number of carbonyl (C=O) groups is 1. The number of fused-ring (bicyclic) bond motifs is 2. The number of hydrogen-bond donors (Lipinski definition) is 1. The van der Waals surface area contributed by atoms with Crippen molar-refractivity contribution in [3.63, 3.8) is 0 Å². The molecule has 3 nitrogen and oxygen atoms in total. The summed E-state index contributed by atoms with van der Waals surface area (Å²) in [5.74, 6) is 0.115. The summed E-state index contributed by atoms with van der Waals surface area (Å²) in [6.07, 6.45) is 8.38. The first-order valence-corrected chi connectivity index (χ1v) is 9.33. The Hall–Kier alpha value is -1.09. The van der Waals surface area contributed by atoms with E-state index in [1.807, 2.05) is 6.92 Å². The fourth-order valence-corrected chi connectivity index (χ4v) is 5.72. The van der Waals surface area contributed by atoms with Crippen LogP contribution in [-0.4, -0.2) is 24.3 Å². The average Bonchev–Trinajstić information content (AvgIpc) is 2.57. The summed E-state index contributed by atoms with van der Waals surface area (Å²) in [7, 11) is 1.47. The molecule has 0 bridgehead atoms. The van der Waals surface area contributed by atoms with Gasteiger partial charge in [-0.05, 0) is 68.6 Å². The van der Waals surface area contributed by atoms with Crippen LogP contribution < -0.4 is 0 Å². The van der Waals surface area contributed by atoms with Crippen molar-refractivity contribution in [3.8, 4) is 0 Å². The Labute approximate surface area is 146 Å². The Balaban J connectivity index is 2.07. The number of hydrogen-bond acceptors (Lipinski definition) is 3. The minimum absolute atomic E-state index is 0.00518. The van der Waals surface area contributed by atoms with Gasteiger partial charge in [-0.15, -0.1) is 6.58 Å². The van der Waals surface area contributed by atoms with Gasteiger partial charge in [0.15, 0.2) is 0 Å². The van der Waals surface area contributed by atoms with Crippen LogP contribution in [-0.2, 0) is 9.53 Å². The highest BCUT2D eigenvalue weighted by Gasteiger charge is 2.55. The van der Waals surface area contributed by atoms with Crippen molar-refractivity contribution in [1.82, 2.24) is 0 Å². The molecule has 0 saturated heterocycles. The lowest BCUT2D eigenvalue weighted by molar-refractivity contribution is -0.151. The number of ether oxygens (including phenoxy) is 1. The zero-order valence-corrected chi connectivity index (χ0v) is 15.7. The molecule has 3 aliphatic rings. The van der Waals surface area contributed by atoms with E-state index in [0.717, 1.165) is 38.5 Å². The van der Waals surface area contributed by atoms with E-state index in [-0.39, 0.29) is 28.8 Å². The second kappa shape index (κ2) is 5.72. The molecular formula is C21H32O3. The largest absolute Gasteiger partial charge is 0.468 e. The fraction of sp³-hybridized carbons (Fsp3) is 0.762. The van der Waals surface area contributed by atoms with E-state index in [2.05, 4.69) is 26.5 Å². The van der Waals surface area contributed by atoms with Crippen LogP contribution in [0.4, 0.5) is 0 Å². The SMILES string of the molecule is C=C[C@@]1(C)CC[C@@]2(C)C3=C(C[C@@H](O)[C@@H]2C1)[C@](C)(C(=O)OC)CCC3. The van der Waals surface area contributed by atoms with Gasteiger partial charge in [0, 0.05) is 0 Å². The van der Waals surface area contributed by atoms with Crippen molar-refractivity contribution < 1.29 is 14.6 Å². The molecule has 0 aliphatic heterocycles. The first-order chi connectivity index (χ1) is 11.2. The standard InChI is InChI=1S/C21H32O3/c1-6-19(2)10-11-20(3)14-8-7-9-21(4,18(23)24-5)15(14)12-17(22)16(20)13-19/h6,16-17,22H,1,7-13H2,2-5H3/t16-,17+,19-,20-,21+/m0/s1. The first kappa shape index (κ1) is 17.7. The van der Waals surface area contributed by atoms with Crippen molar-refractivity contribution in [1.29, 1.82) is 0 Å². The molecule has 3 heteroatoms. The second-order valence-electron chi connectivity index (χ2n) is 8.99. The lowest BCUT2D eigenvalue weighted by atomic mass is 9.48. The summed E-state index contributed by atoms with van der Waals surface area (Å²) in [6.45, 7) is 10.6. The van der Waals surface area contributed by atoms with Crippen LogP contribution >= 0.6 is 0 Å².